The third-order valence-corrected chi connectivity index (χ3v) is 20.8. The van der Waals surface area contributed by atoms with Crippen LogP contribution >= 0.6 is 48.9 Å². The standard InChI is InChI=1S/C50H63N5O19S2.C40H41N5O15S2/c56-31-73-44(11-12-45(61)62)55-50(76)54-40(48(65)66)10-6-33(57)2-1-14-51-43(60)13-16-67-18-20-69-22-24-71-26-27-72-25-23-70-21-19-68-17-15-52-49(75)53-32-3-7-36(39(28-32)47(63)64)46-37-8-4-34(58)29-41(37)74-42-30-35(59)5-9-38(42)46;46-19-59-33(13-14-34(51)52)45-40(62)44-28(37(55)56)10-6-21(47)2-1-15-41-32(50)12-11-29(38(57)58)43-39(61)42-20-3-7-24(27(16-20)36(53)54)35-25-8-4-22(48)17-30(25)60-31-18-23(49)5-9-26(31)35/h3-5,7-9,28-31,40,44,58H,1-2,6,10-27H2,(H,51,60)(H,61,62)(H,63,64)(H,65,66)(H2,52,53,75)(H2,54,55,76);3-5,7-9,16-19,28-29,33,48H,1-2,6,10-15H2,(H,41,50)(H,51,52)(H,53,54)(H,55,56)(H,57,58)(H2,42,43,61)(H2,44,45,62)/t40-,44+;28-,29-,33+/m00/s1. The number of hydrogen-bond acceptors (Lipinski definition) is 31. The summed E-state index contributed by atoms with van der Waals surface area (Å²) in [5.41, 5.74) is 2.86. The summed E-state index contributed by atoms with van der Waals surface area (Å²) >= 11 is 20.8. The Morgan fingerprint density at radius 3 is 1.10 bits per heavy atom. The van der Waals surface area contributed by atoms with Crippen molar-refractivity contribution in [3.63, 3.8) is 0 Å². The number of aromatic hydroxyl groups is 2. The van der Waals surface area contributed by atoms with Crippen molar-refractivity contribution in [1.82, 2.24) is 42.5 Å². The van der Waals surface area contributed by atoms with Crippen molar-refractivity contribution in [2.24, 2.45) is 0 Å². The Labute approximate surface area is 807 Å². The lowest BCUT2D eigenvalue weighted by Crippen LogP contribution is -2.49. The minimum atomic E-state index is -1.33. The van der Waals surface area contributed by atoms with E-state index in [4.69, 9.17) is 106 Å². The third kappa shape index (κ3) is 39.3. The number of Topliss-reactive ketones (excluding diaryl/α,β-unsaturated/α-hetero) is 2. The maximum absolute atomic E-state index is 12.6. The van der Waals surface area contributed by atoms with Gasteiger partial charge in [0.2, 0.25) is 11.8 Å². The highest BCUT2D eigenvalue weighted by molar-refractivity contribution is 7.81. The fourth-order valence-corrected chi connectivity index (χ4v) is 14.3. The first-order valence-corrected chi connectivity index (χ1v) is 44.5. The number of phenolic OH excluding ortho intramolecular Hbond substituents is 2. The van der Waals surface area contributed by atoms with Gasteiger partial charge in [-0.3, -0.25) is 47.9 Å². The van der Waals surface area contributed by atoms with Crippen LogP contribution in [0.2, 0.25) is 0 Å². The second kappa shape index (κ2) is 59.0. The van der Waals surface area contributed by atoms with Gasteiger partial charge in [-0.05, 0) is 165 Å². The second-order valence-electron chi connectivity index (χ2n) is 30.0. The number of fused-ring (bicyclic) bond motifs is 4. The number of nitrogens with one attached hydrogen (secondary N) is 10. The highest BCUT2D eigenvalue weighted by atomic mass is 32.1. The predicted octanol–water partition coefficient (Wildman–Crippen LogP) is 6.29. The Kier molecular flexibility index (Phi) is 47.4. The van der Waals surface area contributed by atoms with E-state index >= 15 is 0 Å². The van der Waals surface area contributed by atoms with Crippen molar-refractivity contribution in [3.8, 4) is 56.4 Å². The van der Waals surface area contributed by atoms with E-state index in [-0.39, 0.29) is 234 Å². The average Bonchev–Trinajstić information content (AvgIpc) is 0.751. The summed E-state index contributed by atoms with van der Waals surface area (Å²) in [6.45, 7) is 4.88. The topological polar surface area (TPSA) is 659 Å². The number of amides is 2. The first-order valence-electron chi connectivity index (χ1n) is 42.8. The zero-order valence-corrected chi connectivity index (χ0v) is 77.3. The molecular formula is C90H104N10O34S4. The molecular weight excluding hydrogens is 1890 g/mol. The molecule has 742 valence electrons. The van der Waals surface area contributed by atoms with E-state index in [0.29, 0.717) is 123 Å². The Balaban J connectivity index is 0.000000383. The van der Waals surface area contributed by atoms with Gasteiger partial charge in [-0.2, -0.15) is 0 Å². The first-order chi connectivity index (χ1) is 66.1. The molecule has 5 atom stereocenters. The summed E-state index contributed by atoms with van der Waals surface area (Å²) in [5, 5.41) is 114. The fraction of sp³-hybridized carbons (Fsp3) is 0.389. The van der Waals surface area contributed by atoms with Crippen LogP contribution in [0.15, 0.2) is 128 Å². The lowest BCUT2D eigenvalue weighted by molar-refractivity contribution is -0.141. The molecule has 4 aromatic rings. The van der Waals surface area contributed by atoms with Crippen LogP contribution in [-0.4, -0.2) is 274 Å². The fourth-order valence-electron chi connectivity index (χ4n) is 13.2. The van der Waals surface area contributed by atoms with Crippen LogP contribution < -0.4 is 64.0 Å². The normalized spacial score (nSPS) is 12.0. The molecule has 0 aromatic heterocycles. The smallest absolute Gasteiger partial charge is 0.336 e. The van der Waals surface area contributed by atoms with E-state index in [1.165, 1.54) is 78.9 Å². The maximum atomic E-state index is 12.6. The van der Waals surface area contributed by atoms with Gasteiger partial charge in [0.15, 0.2) is 43.8 Å². The number of anilines is 2. The van der Waals surface area contributed by atoms with E-state index < -0.39 is 78.3 Å². The third-order valence-electron chi connectivity index (χ3n) is 19.8. The Morgan fingerprint density at radius 1 is 0.355 bits per heavy atom. The summed E-state index contributed by atoms with van der Waals surface area (Å²) < 4.78 is 54.2. The number of aliphatic carboxylic acids is 5. The monoisotopic (exact) mass is 2000 g/mol. The molecule has 0 saturated carbocycles. The highest BCUT2D eigenvalue weighted by Gasteiger charge is 2.29. The van der Waals surface area contributed by atoms with Gasteiger partial charge in [0, 0.05) is 140 Å². The largest absolute Gasteiger partial charge is 0.508 e. The molecule has 0 spiro atoms. The number of carboxylic acid groups (broad SMARTS) is 7. The number of carbonyl (C=O) groups excluding carboxylic acids is 6. The van der Waals surface area contributed by atoms with Crippen LogP contribution in [0, 0.1) is 0 Å². The predicted molar refractivity (Wildman–Crippen MR) is 509 cm³/mol. The highest BCUT2D eigenvalue weighted by Crippen LogP contribution is 2.44. The number of rotatable bonds is 62. The molecule has 0 unspecified atom stereocenters. The molecule has 0 radical (unpaired) electrons. The molecule has 2 aliphatic carbocycles. The van der Waals surface area contributed by atoms with Gasteiger partial charge >= 0.3 is 41.8 Å². The summed E-state index contributed by atoms with van der Waals surface area (Å²) in [5.74, 6) is -9.71. The number of ketones is 2. The van der Waals surface area contributed by atoms with Gasteiger partial charge < -0.3 is 146 Å². The molecule has 44 nitrogen and oxygen atoms in total. The van der Waals surface area contributed by atoms with E-state index in [0.717, 1.165) is 0 Å². The Hall–Kier alpha value is -14.1. The Morgan fingerprint density at radius 2 is 0.717 bits per heavy atom. The number of ether oxygens (including phenoxy) is 8. The van der Waals surface area contributed by atoms with Crippen LogP contribution in [0.25, 0.3) is 66.8 Å². The molecule has 0 saturated heterocycles. The van der Waals surface area contributed by atoms with Crippen molar-refractivity contribution in [2.75, 3.05) is 110 Å². The number of aromatic carboxylic acids is 2. The quantitative estimate of drug-likeness (QED) is 0.00655. The maximum Gasteiger partial charge on any atom is 0.336 e. The van der Waals surface area contributed by atoms with Gasteiger partial charge in [0.1, 0.15) is 63.9 Å². The van der Waals surface area contributed by atoms with Crippen molar-refractivity contribution in [1.29, 1.82) is 0 Å². The second-order valence-corrected chi connectivity index (χ2v) is 31.6. The number of thiocarbonyl (C=S) groups is 4. The van der Waals surface area contributed by atoms with E-state index in [9.17, 15) is 108 Å². The van der Waals surface area contributed by atoms with Gasteiger partial charge in [0.05, 0.1) is 103 Å². The Bertz CT molecular complexity index is 5660. The molecule has 2 amide bonds. The molecule has 0 fully saturated rings. The van der Waals surface area contributed by atoms with E-state index in [1.54, 1.807) is 30.3 Å². The van der Waals surface area contributed by atoms with Crippen molar-refractivity contribution >= 4 is 181 Å². The minimum absolute atomic E-state index is 0.00919. The minimum Gasteiger partial charge on any atom is -0.508 e. The zero-order chi connectivity index (χ0) is 101. The number of carboxylic acids is 7. The van der Waals surface area contributed by atoms with Crippen LogP contribution in [0.5, 0.6) is 11.5 Å². The van der Waals surface area contributed by atoms with Crippen LogP contribution in [0.3, 0.4) is 0 Å². The molecule has 4 aliphatic rings. The zero-order valence-electron chi connectivity index (χ0n) is 74.0. The first kappa shape index (κ1) is 111. The molecule has 8 rings (SSSR count). The number of benzene rings is 6. The molecule has 4 aromatic carbocycles. The van der Waals surface area contributed by atoms with Crippen molar-refractivity contribution in [3.05, 3.63) is 141 Å². The lowest BCUT2D eigenvalue weighted by atomic mass is 9.90. The number of hydrogen-bond donors (Lipinski definition) is 19. The van der Waals surface area contributed by atoms with Crippen LogP contribution in [-0.2, 0) is 90.6 Å². The van der Waals surface area contributed by atoms with E-state index in [1.807, 2.05) is 0 Å². The lowest BCUT2D eigenvalue weighted by Gasteiger charge is -2.21. The molecule has 2 heterocycles. The van der Waals surface area contributed by atoms with Gasteiger partial charge in [-0.1, -0.05) is 12.1 Å². The van der Waals surface area contributed by atoms with Crippen molar-refractivity contribution in [2.45, 2.75) is 127 Å². The molecule has 48 heteroatoms. The van der Waals surface area contributed by atoms with Crippen LogP contribution in [0.1, 0.15) is 117 Å². The molecule has 138 heavy (non-hydrogen) atoms. The molecule has 19 N–H and O–H groups in total. The van der Waals surface area contributed by atoms with Gasteiger partial charge in [0.25, 0.3) is 12.9 Å². The molecule has 0 bridgehead atoms. The molecule has 2 aliphatic heterocycles. The van der Waals surface area contributed by atoms with Gasteiger partial charge in [-0.25, -0.2) is 24.0 Å². The summed E-state index contributed by atoms with van der Waals surface area (Å²) in [7, 11) is 0. The number of phenols is 2. The summed E-state index contributed by atoms with van der Waals surface area (Å²) in [4.78, 5) is 177. The summed E-state index contributed by atoms with van der Waals surface area (Å²) in [6, 6.07) is 22.4. The van der Waals surface area contributed by atoms with Gasteiger partial charge in [-0.15, -0.1) is 0 Å². The number of carbonyl (C=O) groups is 13. The van der Waals surface area contributed by atoms with E-state index in [2.05, 4.69) is 53.2 Å². The van der Waals surface area contributed by atoms with Crippen LogP contribution in [0.4, 0.5) is 11.4 Å². The summed E-state index contributed by atoms with van der Waals surface area (Å²) in [6.07, 6.45) is -3.30. The van der Waals surface area contributed by atoms with Crippen molar-refractivity contribution < 1.29 is 155 Å². The SMILES string of the molecule is O=CO[C@H](CCC(=O)O)NC(=S)N[C@@H](CCC(=O)CCCNC(=O)CCOCCOCCOCCOCCOCCOCCNC(=S)Nc1ccc(-c2c3ccc(=O)cc-3oc3cc(O)ccc23)c(C(=O)O)c1)C(=O)O.O=CO[C@H](CCC(=O)O)NC(=S)N[C@@H](CCC(=O)CCCNC(=O)CC[C@H](NC(=S)Nc1ccc(-c2c3ccc(=O)cc-3oc3cc(O)ccc23)c(C(=O)O)c1)C(=O)O)C(=O)O. The average molecular weight is 2000 g/mol.